The van der Waals surface area contributed by atoms with Crippen molar-refractivity contribution in [1.29, 1.82) is 0 Å². The highest BCUT2D eigenvalue weighted by Gasteiger charge is 2.00. The first-order valence-electron chi connectivity index (χ1n) is 5.05. The minimum atomic E-state index is 0.582. The second-order valence-electron chi connectivity index (χ2n) is 3.58. The highest BCUT2D eigenvalue weighted by molar-refractivity contribution is 9.10. The van der Waals surface area contributed by atoms with Crippen molar-refractivity contribution < 1.29 is 0 Å². The molecule has 1 N–H and O–H groups in total. The fraction of sp³-hybridized carbons (Fsp3) is 0.545. The number of nitrogens with zero attached hydrogens (tertiary/aromatic N) is 1. The molecule has 0 aliphatic carbocycles. The number of hydrogen-bond acceptors (Lipinski definition) is 2. The molecule has 78 valence electrons. The first-order valence-corrected chi connectivity index (χ1v) is 5.84. The van der Waals surface area contributed by atoms with Gasteiger partial charge in [0.15, 0.2) is 0 Å². The minimum Gasteiger partial charge on any atom is -0.310 e. The van der Waals surface area contributed by atoms with Gasteiger partial charge in [-0.1, -0.05) is 13.3 Å². The topological polar surface area (TPSA) is 24.9 Å². The lowest BCUT2D eigenvalue weighted by Gasteiger charge is -2.12. The normalized spacial score (nSPS) is 12.8. The zero-order valence-electron chi connectivity index (χ0n) is 8.76. The Morgan fingerprint density at radius 1 is 1.50 bits per heavy atom. The summed E-state index contributed by atoms with van der Waals surface area (Å²) in [5.74, 6) is 0. The standard InChI is InChI=1S/C11H17BrN2/c1-3-4-9(2)14-7-10-5-11(12)8-13-6-10/h5-6,8-9,14H,3-4,7H2,1-2H3. The van der Waals surface area contributed by atoms with Crippen LogP contribution < -0.4 is 5.32 Å². The van der Waals surface area contributed by atoms with E-state index in [0.29, 0.717) is 6.04 Å². The van der Waals surface area contributed by atoms with E-state index in [9.17, 15) is 0 Å². The predicted octanol–water partition coefficient (Wildman–Crippen LogP) is 3.12. The van der Waals surface area contributed by atoms with E-state index in [4.69, 9.17) is 0 Å². The number of hydrogen-bond donors (Lipinski definition) is 1. The summed E-state index contributed by atoms with van der Waals surface area (Å²) in [7, 11) is 0. The summed E-state index contributed by atoms with van der Waals surface area (Å²) in [6.07, 6.45) is 6.15. The van der Waals surface area contributed by atoms with Crippen molar-refractivity contribution in [1.82, 2.24) is 10.3 Å². The van der Waals surface area contributed by atoms with Gasteiger partial charge >= 0.3 is 0 Å². The Balaban J connectivity index is 2.37. The Hall–Kier alpha value is -0.410. The molecule has 3 heteroatoms. The molecule has 0 saturated heterocycles. The summed E-state index contributed by atoms with van der Waals surface area (Å²) in [5, 5.41) is 3.47. The molecule has 0 spiro atoms. The fourth-order valence-electron chi connectivity index (χ4n) is 1.38. The maximum atomic E-state index is 4.12. The minimum absolute atomic E-state index is 0.582. The van der Waals surface area contributed by atoms with Gasteiger partial charge in [-0.3, -0.25) is 4.98 Å². The van der Waals surface area contributed by atoms with Crippen molar-refractivity contribution in [2.75, 3.05) is 0 Å². The molecule has 1 atom stereocenters. The molecule has 1 heterocycles. The van der Waals surface area contributed by atoms with Crippen LogP contribution >= 0.6 is 15.9 Å². The maximum absolute atomic E-state index is 4.12. The third-order valence-electron chi connectivity index (χ3n) is 2.14. The summed E-state index contributed by atoms with van der Waals surface area (Å²) in [5.41, 5.74) is 1.22. The van der Waals surface area contributed by atoms with Crippen LogP contribution in [0.3, 0.4) is 0 Å². The fourth-order valence-corrected chi connectivity index (χ4v) is 1.79. The van der Waals surface area contributed by atoms with Crippen LogP contribution in [0.5, 0.6) is 0 Å². The van der Waals surface area contributed by atoms with Crippen molar-refractivity contribution in [2.45, 2.75) is 39.3 Å². The van der Waals surface area contributed by atoms with E-state index in [1.54, 1.807) is 6.20 Å². The molecular weight excluding hydrogens is 240 g/mol. The third-order valence-corrected chi connectivity index (χ3v) is 2.57. The van der Waals surface area contributed by atoms with Crippen molar-refractivity contribution in [3.05, 3.63) is 28.5 Å². The Morgan fingerprint density at radius 3 is 2.93 bits per heavy atom. The molecule has 14 heavy (non-hydrogen) atoms. The van der Waals surface area contributed by atoms with Crippen LogP contribution in [0.25, 0.3) is 0 Å². The van der Waals surface area contributed by atoms with Crippen molar-refractivity contribution >= 4 is 15.9 Å². The summed E-state index contributed by atoms with van der Waals surface area (Å²) < 4.78 is 1.04. The Morgan fingerprint density at radius 2 is 2.29 bits per heavy atom. The summed E-state index contributed by atoms with van der Waals surface area (Å²) >= 11 is 3.41. The SMILES string of the molecule is CCCC(C)NCc1cncc(Br)c1. The lowest BCUT2D eigenvalue weighted by Crippen LogP contribution is -2.25. The second kappa shape index (κ2) is 6.14. The summed E-state index contributed by atoms with van der Waals surface area (Å²) in [4.78, 5) is 4.12. The monoisotopic (exact) mass is 256 g/mol. The van der Waals surface area contributed by atoms with Crippen molar-refractivity contribution in [3.63, 3.8) is 0 Å². The second-order valence-corrected chi connectivity index (χ2v) is 4.50. The third kappa shape index (κ3) is 4.20. The average Bonchev–Trinajstić information content (AvgIpc) is 2.15. The van der Waals surface area contributed by atoms with E-state index in [1.807, 2.05) is 6.20 Å². The highest BCUT2D eigenvalue weighted by Crippen LogP contribution is 2.09. The van der Waals surface area contributed by atoms with Crippen LogP contribution in [0, 0.1) is 0 Å². The van der Waals surface area contributed by atoms with E-state index < -0.39 is 0 Å². The number of nitrogens with one attached hydrogen (secondary N) is 1. The van der Waals surface area contributed by atoms with Crippen LogP contribution in [0.1, 0.15) is 32.3 Å². The molecule has 0 aromatic carbocycles. The number of pyridine rings is 1. The van der Waals surface area contributed by atoms with Gasteiger partial charge in [-0.05, 0) is 40.9 Å². The Bertz CT molecular complexity index is 276. The lowest BCUT2D eigenvalue weighted by atomic mass is 10.2. The van der Waals surface area contributed by atoms with Gasteiger partial charge in [-0.2, -0.15) is 0 Å². The molecule has 0 radical (unpaired) electrons. The first-order chi connectivity index (χ1) is 6.72. The van der Waals surface area contributed by atoms with Gasteiger partial charge < -0.3 is 5.32 Å². The van der Waals surface area contributed by atoms with E-state index in [0.717, 1.165) is 11.0 Å². The quantitative estimate of drug-likeness (QED) is 0.876. The largest absolute Gasteiger partial charge is 0.310 e. The van der Waals surface area contributed by atoms with Gasteiger partial charge in [0.05, 0.1) is 0 Å². The molecule has 0 aliphatic rings. The van der Waals surface area contributed by atoms with Crippen LogP contribution in [-0.2, 0) is 6.54 Å². The van der Waals surface area contributed by atoms with Crippen LogP contribution in [0.15, 0.2) is 22.9 Å². The molecular formula is C11H17BrN2. The number of rotatable bonds is 5. The molecule has 0 bridgehead atoms. The molecule has 0 saturated carbocycles. The van der Waals surface area contributed by atoms with Crippen molar-refractivity contribution in [2.24, 2.45) is 0 Å². The van der Waals surface area contributed by atoms with Crippen LogP contribution in [0.4, 0.5) is 0 Å². The molecule has 1 aromatic heterocycles. The molecule has 0 aliphatic heterocycles. The van der Waals surface area contributed by atoms with Crippen LogP contribution in [0.2, 0.25) is 0 Å². The molecule has 1 unspecified atom stereocenters. The maximum Gasteiger partial charge on any atom is 0.0410 e. The predicted molar refractivity (Wildman–Crippen MR) is 63.1 cm³/mol. The van der Waals surface area contributed by atoms with Gasteiger partial charge in [0, 0.05) is 29.5 Å². The zero-order valence-corrected chi connectivity index (χ0v) is 10.3. The van der Waals surface area contributed by atoms with Gasteiger partial charge in [0.25, 0.3) is 0 Å². The molecule has 0 fully saturated rings. The smallest absolute Gasteiger partial charge is 0.0410 e. The van der Waals surface area contributed by atoms with E-state index in [-0.39, 0.29) is 0 Å². The molecule has 1 rings (SSSR count). The number of halogens is 1. The van der Waals surface area contributed by atoms with Gasteiger partial charge in [0.2, 0.25) is 0 Å². The van der Waals surface area contributed by atoms with E-state index >= 15 is 0 Å². The van der Waals surface area contributed by atoms with Crippen LogP contribution in [-0.4, -0.2) is 11.0 Å². The zero-order chi connectivity index (χ0) is 10.4. The Kier molecular flexibility index (Phi) is 5.12. The van der Waals surface area contributed by atoms with Gasteiger partial charge in [-0.15, -0.1) is 0 Å². The lowest BCUT2D eigenvalue weighted by molar-refractivity contribution is 0.508. The Labute approximate surface area is 94.3 Å². The average molecular weight is 257 g/mol. The summed E-state index contributed by atoms with van der Waals surface area (Å²) in [6.45, 7) is 5.32. The molecule has 0 amide bonds. The van der Waals surface area contributed by atoms with Gasteiger partial charge in [-0.25, -0.2) is 0 Å². The van der Waals surface area contributed by atoms with E-state index in [1.165, 1.54) is 18.4 Å². The van der Waals surface area contributed by atoms with E-state index in [2.05, 4.69) is 46.1 Å². The first kappa shape index (κ1) is 11.7. The number of aromatic nitrogens is 1. The van der Waals surface area contributed by atoms with Gasteiger partial charge in [0.1, 0.15) is 0 Å². The van der Waals surface area contributed by atoms with Crippen molar-refractivity contribution in [3.8, 4) is 0 Å². The molecule has 2 nitrogen and oxygen atoms in total. The molecule has 1 aromatic rings. The highest BCUT2D eigenvalue weighted by atomic mass is 79.9. The summed E-state index contributed by atoms with van der Waals surface area (Å²) in [6, 6.07) is 2.68.